The molecule has 1 rings (SSSR count). The average molecular weight is 253 g/mol. The van der Waals surface area contributed by atoms with E-state index < -0.39 is 18.1 Å². The summed E-state index contributed by atoms with van der Waals surface area (Å²) in [6.45, 7) is 3.29. The molecular weight excluding hydrogens is 236 g/mol. The number of halogens is 1. The second-order valence-electron chi connectivity index (χ2n) is 3.32. The Morgan fingerprint density at radius 3 is 2.75 bits per heavy atom. The van der Waals surface area contributed by atoms with Gasteiger partial charge in [0.25, 0.3) is 5.91 Å². The molecule has 0 spiro atoms. The van der Waals surface area contributed by atoms with Gasteiger partial charge in [0.15, 0.2) is 0 Å². The van der Waals surface area contributed by atoms with Gasteiger partial charge in [-0.05, 0) is 6.92 Å². The van der Waals surface area contributed by atoms with Crippen LogP contribution in [0, 0.1) is 0 Å². The lowest BCUT2D eigenvalue weighted by atomic mass is 10.2. The molecule has 16 heavy (non-hydrogen) atoms. The number of nitrogens with one attached hydrogen (secondary N) is 2. The molecule has 1 amide bonds. The van der Waals surface area contributed by atoms with E-state index >= 15 is 0 Å². The predicted molar refractivity (Wildman–Crippen MR) is 59.5 cm³/mol. The van der Waals surface area contributed by atoms with Crippen molar-refractivity contribution in [3.05, 3.63) is 0 Å². The number of ether oxygens (including phenoxy) is 2. The molecule has 0 aliphatic carbocycles. The van der Waals surface area contributed by atoms with Gasteiger partial charge in [0.05, 0.1) is 13.7 Å². The molecule has 1 aliphatic heterocycles. The third kappa shape index (κ3) is 4.34. The maximum absolute atomic E-state index is 11.5. The number of carbonyl (C=O) groups excluding carboxylic acids is 2. The zero-order valence-corrected chi connectivity index (χ0v) is 10.1. The Hall–Kier alpha value is -0.850. The number of hydrogen-bond donors (Lipinski definition) is 2. The molecule has 0 aromatic carbocycles. The number of methoxy groups -OCH3 is 1. The van der Waals surface area contributed by atoms with Crippen LogP contribution in [0.4, 0.5) is 0 Å². The minimum Gasteiger partial charge on any atom is -0.467 e. The second-order valence-corrected chi connectivity index (χ2v) is 3.32. The normalized spacial score (nSPS) is 21.5. The number of esters is 1. The molecule has 0 aromatic heterocycles. The minimum absolute atomic E-state index is 0. The van der Waals surface area contributed by atoms with Crippen LogP contribution in [0.1, 0.15) is 6.92 Å². The first-order valence-corrected chi connectivity index (χ1v) is 4.85. The summed E-state index contributed by atoms with van der Waals surface area (Å²) >= 11 is 0. The second kappa shape index (κ2) is 7.43. The molecule has 1 fully saturated rings. The van der Waals surface area contributed by atoms with Crippen LogP contribution in [0.2, 0.25) is 0 Å². The molecule has 1 aliphatic rings. The van der Waals surface area contributed by atoms with Crippen LogP contribution < -0.4 is 10.6 Å². The molecule has 94 valence electrons. The van der Waals surface area contributed by atoms with E-state index in [1.54, 1.807) is 6.92 Å². The highest BCUT2D eigenvalue weighted by molar-refractivity contribution is 5.86. The van der Waals surface area contributed by atoms with Gasteiger partial charge in [-0.1, -0.05) is 0 Å². The van der Waals surface area contributed by atoms with E-state index in [1.165, 1.54) is 7.11 Å². The summed E-state index contributed by atoms with van der Waals surface area (Å²) in [7, 11) is 1.28. The van der Waals surface area contributed by atoms with Crippen LogP contribution in [-0.2, 0) is 19.1 Å². The van der Waals surface area contributed by atoms with Gasteiger partial charge < -0.3 is 20.1 Å². The number of morpholine rings is 1. The Kier molecular flexibility index (Phi) is 7.03. The van der Waals surface area contributed by atoms with Gasteiger partial charge >= 0.3 is 5.97 Å². The fraction of sp³-hybridized carbons (Fsp3) is 0.778. The SMILES string of the molecule is COC(=O)C(C)NC(=O)C1CNCCO1.Cl. The Morgan fingerprint density at radius 1 is 1.56 bits per heavy atom. The molecule has 0 aromatic rings. The lowest BCUT2D eigenvalue weighted by Crippen LogP contribution is -2.51. The first-order valence-electron chi connectivity index (χ1n) is 4.85. The Labute approximate surface area is 100 Å². The van der Waals surface area contributed by atoms with Crippen molar-refractivity contribution in [1.29, 1.82) is 0 Å². The Bertz CT molecular complexity index is 244. The maximum atomic E-state index is 11.5. The lowest BCUT2D eigenvalue weighted by molar-refractivity contribution is -0.146. The summed E-state index contributed by atoms with van der Waals surface area (Å²) in [6, 6.07) is -0.645. The van der Waals surface area contributed by atoms with E-state index in [9.17, 15) is 9.59 Å². The van der Waals surface area contributed by atoms with E-state index in [4.69, 9.17) is 4.74 Å². The van der Waals surface area contributed by atoms with E-state index in [-0.39, 0.29) is 18.3 Å². The summed E-state index contributed by atoms with van der Waals surface area (Å²) in [6.07, 6.45) is -0.522. The van der Waals surface area contributed by atoms with Crippen molar-refractivity contribution in [2.45, 2.75) is 19.1 Å². The fourth-order valence-electron chi connectivity index (χ4n) is 1.28. The van der Waals surface area contributed by atoms with Gasteiger partial charge in [-0.2, -0.15) is 0 Å². The molecule has 0 bridgehead atoms. The molecule has 7 heteroatoms. The third-order valence-electron chi connectivity index (χ3n) is 2.13. The number of hydrogen-bond acceptors (Lipinski definition) is 5. The summed E-state index contributed by atoms with van der Waals surface area (Å²) in [5.74, 6) is -0.757. The van der Waals surface area contributed by atoms with E-state index in [0.29, 0.717) is 13.2 Å². The molecule has 2 atom stereocenters. The molecule has 6 nitrogen and oxygen atoms in total. The van der Waals surface area contributed by atoms with Gasteiger partial charge in [-0.3, -0.25) is 4.79 Å². The van der Waals surface area contributed by atoms with Crippen LogP contribution in [0.15, 0.2) is 0 Å². The summed E-state index contributed by atoms with van der Waals surface area (Å²) in [5, 5.41) is 5.55. The van der Waals surface area contributed by atoms with Gasteiger partial charge in [-0.15, -0.1) is 12.4 Å². The number of rotatable bonds is 3. The molecule has 2 unspecified atom stereocenters. The highest BCUT2D eigenvalue weighted by Gasteiger charge is 2.25. The Morgan fingerprint density at radius 2 is 2.25 bits per heavy atom. The summed E-state index contributed by atoms with van der Waals surface area (Å²) in [5.41, 5.74) is 0. The quantitative estimate of drug-likeness (QED) is 0.635. The van der Waals surface area contributed by atoms with Crippen molar-refractivity contribution in [2.75, 3.05) is 26.8 Å². The highest BCUT2D eigenvalue weighted by Crippen LogP contribution is 1.97. The van der Waals surface area contributed by atoms with Gasteiger partial charge in [0.1, 0.15) is 12.1 Å². The Balaban J connectivity index is 0.00000225. The average Bonchev–Trinajstić information content (AvgIpc) is 2.29. The first-order chi connectivity index (χ1) is 7.15. The van der Waals surface area contributed by atoms with Crippen molar-refractivity contribution < 1.29 is 19.1 Å². The maximum Gasteiger partial charge on any atom is 0.328 e. The summed E-state index contributed by atoms with van der Waals surface area (Å²) in [4.78, 5) is 22.6. The topological polar surface area (TPSA) is 76.7 Å². The first kappa shape index (κ1) is 15.2. The van der Waals surface area contributed by atoms with Gasteiger partial charge in [-0.25, -0.2) is 4.79 Å². The molecule has 0 radical (unpaired) electrons. The zero-order valence-electron chi connectivity index (χ0n) is 9.32. The smallest absolute Gasteiger partial charge is 0.328 e. The van der Waals surface area contributed by atoms with E-state index in [0.717, 1.165) is 6.54 Å². The van der Waals surface area contributed by atoms with E-state index in [1.807, 2.05) is 0 Å². The van der Waals surface area contributed by atoms with Crippen molar-refractivity contribution in [1.82, 2.24) is 10.6 Å². The van der Waals surface area contributed by atoms with Crippen LogP contribution >= 0.6 is 12.4 Å². The highest BCUT2D eigenvalue weighted by atomic mass is 35.5. The van der Waals surface area contributed by atoms with Crippen LogP contribution in [0.25, 0.3) is 0 Å². The van der Waals surface area contributed by atoms with E-state index in [2.05, 4.69) is 15.4 Å². The molecule has 1 heterocycles. The van der Waals surface area contributed by atoms with Crippen LogP contribution in [0.5, 0.6) is 0 Å². The third-order valence-corrected chi connectivity index (χ3v) is 2.13. The molecular formula is C9H17ClN2O4. The van der Waals surface area contributed by atoms with Crippen LogP contribution in [0.3, 0.4) is 0 Å². The van der Waals surface area contributed by atoms with Crippen molar-refractivity contribution in [3.63, 3.8) is 0 Å². The van der Waals surface area contributed by atoms with Crippen LogP contribution in [-0.4, -0.2) is 50.8 Å². The number of carbonyl (C=O) groups is 2. The van der Waals surface area contributed by atoms with Crippen molar-refractivity contribution >= 4 is 24.3 Å². The minimum atomic E-state index is -0.645. The molecule has 1 saturated heterocycles. The lowest BCUT2D eigenvalue weighted by Gasteiger charge is -2.23. The fourth-order valence-corrected chi connectivity index (χ4v) is 1.28. The molecule has 0 saturated carbocycles. The molecule has 2 N–H and O–H groups in total. The summed E-state index contributed by atoms with van der Waals surface area (Å²) < 4.78 is 9.72. The predicted octanol–water partition coefficient (Wildman–Crippen LogP) is -0.926. The largest absolute Gasteiger partial charge is 0.467 e. The number of amides is 1. The zero-order chi connectivity index (χ0) is 11.3. The monoisotopic (exact) mass is 252 g/mol. The van der Waals surface area contributed by atoms with Gasteiger partial charge in [0.2, 0.25) is 0 Å². The van der Waals surface area contributed by atoms with Crippen molar-refractivity contribution in [3.8, 4) is 0 Å². The van der Waals surface area contributed by atoms with Gasteiger partial charge in [0, 0.05) is 13.1 Å². The standard InChI is InChI=1S/C9H16N2O4.ClH/c1-6(9(13)14-2)11-8(12)7-5-10-3-4-15-7;/h6-7,10H,3-5H2,1-2H3,(H,11,12);1H. The van der Waals surface area contributed by atoms with Crippen molar-refractivity contribution in [2.24, 2.45) is 0 Å².